The van der Waals surface area contributed by atoms with Crippen LogP contribution in [0.25, 0.3) is 0 Å². The van der Waals surface area contributed by atoms with E-state index >= 15 is 0 Å². The van der Waals surface area contributed by atoms with E-state index in [0.29, 0.717) is 0 Å². The number of hydrogen-bond donors (Lipinski definition) is 1. The Morgan fingerprint density at radius 3 is 2.13 bits per heavy atom. The summed E-state index contributed by atoms with van der Waals surface area (Å²) < 4.78 is 12.5. The summed E-state index contributed by atoms with van der Waals surface area (Å²) in [5, 5.41) is 8.33. The number of aromatic carboxylic acids is 1. The van der Waals surface area contributed by atoms with Gasteiger partial charge in [-0.05, 0) is 12.1 Å². The van der Waals surface area contributed by atoms with Crippen LogP contribution in [0.3, 0.4) is 0 Å². The first kappa shape index (κ1) is 13.1. The maximum Gasteiger partial charge on any atom is 0.338 e. The van der Waals surface area contributed by atoms with Crippen LogP contribution in [-0.4, -0.2) is 36.5 Å². The Kier molecular flexibility index (Phi) is 5.70. The number of hydrogen-bond acceptors (Lipinski definition) is 2. The average molecular weight is 213 g/mol. The second-order valence-electron chi connectivity index (χ2n) is 2.85. The van der Waals surface area contributed by atoms with Crippen molar-refractivity contribution < 1.29 is 19.1 Å². The summed E-state index contributed by atoms with van der Waals surface area (Å²) in [5.74, 6) is -1.94. The van der Waals surface area contributed by atoms with Crippen LogP contribution in [0.15, 0.2) is 24.3 Å². The molecule has 82 valence electrons. The fourth-order valence-electron chi connectivity index (χ4n) is 0.635. The van der Waals surface area contributed by atoms with Crippen LogP contribution in [0.2, 0.25) is 0 Å². The van der Waals surface area contributed by atoms with Crippen molar-refractivity contribution in [2.45, 2.75) is 0 Å². The fourth-order valence-corrected chi connectivity index (χ4v) is 0.635. The van der Waals surface area contributed by atoms with Crippen molar-refractivity contribution >= 4 is 12.4 Å². The molecule has 5 heteroatoms. The highest BCUT2D eigenvalue weighted by molar-refractivity contribution is 5.87. The van der Waals surface area contributed by atoms with Crippen molar-refractivity contribution in [3.63, 3.8) is 0 Å². The maximum absolute atomic E-state index is 12.5. The van der Waals surface area contributed by atoms with Gasteiger partial charge in [0.05, 0.1) is 5.56 Å². The Morgan fingerprint density at radius 2 is 1.87 bits per heavy atom. The number of carbonyl (C=O) groups excluding carboxylic acids is 1. The highest BCUT2D eigenvalue weighted by Gasteiger charge is 2.06. The van der Waals surface area contributed by atoms with Gasteiger partial charge < -0.3 is 10.0 Å². The summed E-state index contributed by atoms with van der Waals surface area (Å²) in [7, 11) is 3.38. The maximum atomic E-state index is 12.5. The summed E-state index contributed by atoms with van der Waals surface area (Å²) >= 11 is 0. The molecular weight excluding hydrogens is 201 g/mol. The SMILES string of the molecule is CN(C)C=O.O=C(O)c1ccccc1F. The van der Waals surface area contributed by atoms with E-state index in [9.17, 15) is 14.0 Å². The number of carboxylic acids is 1. The number of rotatable bonds is 2. The molecule has 0 radical (unpaired) electrons. The van der Waals surface area contributed by atoms with E-state index in [1.165, 1.54) is 23.1 Å². The van der Waals surface area contributed by atoms with E-state index in [2.05, 4.69) is 0 Å². The number of nitrogens with zero attached hydrogens (tertiary/aromatic N) is 1. The molecule has 0 aliphatic rings. The summed E-state index contributed by atoms with van der Waals surface area (Å²) in [4.78, 5) is 21.1. The first-order valence-corrected chi connectivity index (χ1v) is 4.08. The third-order valence-electron chi connectivity index (χ3n) is 1.32. The number of amides is 1. The Morgan fingerprint density at radius 1 is 1.40 bits per heavy atom. The molecular formula is C10H12FNO3. The minimum absolute atomic E-state index is 0.289. The molecule has 0 atom stereocenters. The molecule has 1 rings (SSSR count). The van der Waals surface area contributed by atoms with Gasteiger partial charge in [0.15, 0.2) is 0 Å². The van der Waals surface area contributed by atoms with Gasteiger partial charge in [-0.15, -0.1) is 0 Å². The first-order chi connectivity index (χ1) is 6.99. The van der Waals surface area contributed by atoms with Crippen LogP contribution in [0.4, 0.5) is 4.39 Å². The number of benzene rings is 1. The molecule has 1 aromatic carbocycles. The Hall–Kier alpha value is -1.91. The summed E-state index contributed by atoms with van der Waals surface area (Å²) in [6, 6.07) is 5.26. The molecule has 0 aromatic heterocycles. The van der Waals surface area contributed by atoms with Crippen molar-refractivity contribution in [1.82, 2.24) is 4.90 Å². The Balaban J connectivity index is 0.000000336. The van der Waals surface area contributed by atoms with Crippen LogP contribution < -0.4 is 0 Å². The van der Waals surface area contributed by atoms with E-state index in [4.69, 9.17) is 5.11 Å². The van der Waals surface area contributed by atoms with Gasteiger partial charge in [-0.1, -0.05) is 12.1 Å². The lowest BCUT2D eigenvalue weighted by molar-refractivity contribution is -0.115. The minimum Gasteiger partial charge on any atom is -0.478 e. The topological polar surface area (TPSA) is 57.6 Å². The van der Waals surface area contributed by atoms with E-state index in [1.807, 2.05) is 0 Å². The van der Waals surface area contributed by atoms with Gasteiger partial charge in [0.1, 0.15) is 5.82 Å². The van der Waals surface area contributed by atoms with Gasteiger partial charge >= 0.3 is 5.97 Å². The molecule has 0 fully saturated rings. The zero-order valence-electron chi connectivity index (χ0n) is 8.48. The van der Waals surface area contributed by atoms with Gasteiger partial charge in [0.2, 0.25) is 6.41 Å². The molecule has 1 amide bonds. The zero-order chi connectivity index (χ0) is 11.8. The molecule has 0 aliphatic carbocycles. The second-order valence-corrected chi connectivity index (χ2v) is 2.85. The average Bonchev–Trinajstić information content (AvgIpc) is 2.19. The third-order valence-corrected chi connectivity index (χ3v) is 1.32. The Labute approximate surface area is 86.9 Å². The summed E-state index contributed by atoms with van der Waals surface area (Å²) in [6.45, 7) is 0. The van der Waals surface area contributed by atoms with Gasteiger partial charge in [0.25, 0.3) is 0 Å². The van der Waals surface area contributed by atoms with E-state index in [0.717, 1.165) is 12.5 Å². The molecule has 0 saturated carbocycles. The molecule has 0 spiro atoms. The number of carboxylic acid groups (broad SMARTS) is 1. The molecule has 0 unspecified atom stereocenters. The fraction of sp³-hybridized carbons (Fsp3) is 0.200. The van der Waals surface area contributed by atoms with Crippen LogP contribution >= 0.6 is 0 Å². The predicted octanol–water partition coefficient (Wildman–Crippen LogP) is 1.23. The van der Waals surface area contributed by atoms with E-state index in [-0.39, 0.29) is 5.56 Å². The van der Waals surface area contributed by atoms with Crippen molar-refractivity contribution in [3.05, 3.63) is 35.6 Å². The monoisotopic (exact) mass is 213 g/mol. The lowest BCUT2D eigenvalue weighted by atomic mass is 10.2. The third kappa shape index (κ3) is 5.41. The van der Waals surface area contributed by atoms with Gasteiger partial charge in [-0.25, -0.2) is 9.18 Å². The van der Waals surface area contributed by atoms with Gasteiger partial charge in [-0.2, -0.15) is 0 Å². The molecule has 0 saturated heterocycles. The van der Waals surface area contributed by atoms with Gasteiger partial charge in [0, 0.05) is 14.1 Å². The largest absolute Gasteiger partial charge is 0.478 e. The summed E-state index contributed by atoms with van der Waals surface area (Å²) in [6.07, 6.45) is 0.750. The lowest BCUT2D eigenvalue weighted by Gasteiger charge is -1.93. The van der Waals surface area contributed by atoms with Crippen LogP contribution in [-0.2, 0) is 4.79 Å². The Bertz CT molecular complexity index is 339. The standard InChI is InChI=1S/C7H5FO2.C3H7NO/c8-6-4-2-1-3-5(6)7(9)10;1-4(2)3-5/h1-4H,(H,9,10);3H,1-2H3. The predicted molar refractivity (Wildman–Crippen MR) is 53.1 cm³/mol. The number of carbonyl (C=O) groups is 2. The molecule has 4 nitrogen and oxygen atoms in total. The van der Waals surface area contributed by atoms with Gasteiger partial charge in [-0.3, -0.25) is 4.79 Å². The van der Waals surface area contributed by atoms with Crippen LogP contribution in [0, 0.1) is 5.82 Å². The smallest absolute Gasteiger partial charge is 0.338 e. The molecule has 15 heavy (non-hydrogen) atoms. The van der Waals surface area contributed by atoms with Crippen LogP contribution in [0.5, 0.6) is 0 Å². The normalized spacial score (nSPS) is 8.47. The zero-order valence-corrected chi connectivity index (χ0v) is 8.48. The van der Waals surface area contributed by atoms with Crippen molar-refractivity contribution in [2.75, 3.05) is 14.1 Å². The number of halogens is 1. The highest BCUT2D eigenvalue weighted by atomic mass is 19.1. The molecule has 0 bridgehead atoms. The van der Waals surface area contributed by atoms with Crippen molar-refractivity contribution in [1.29, 1.82) is 0 Å². The molecule has 0 aliphatic heterocycles. The molecule has 1 aromatic rings. The lowest BCUT2D eigenvalue weighted by Crippen LogP contribution is -2.06. The first-order valence-electron chi connectivity index (χ1n) is 4.08. The second kappa shape index (κ2) is 6.53. The summed E-state index contributed by atoms with van der Waals surface area (Å²) in [5.41, 5.74) is -0.289. The quantitative estimate of drug-likeness (QED) is 0.751. The highest BCUT2D eigenvalue weighted by Crippen LogP contribution is 2.04. The molecule has 0 heterocycles. The molecule has 1 N–H and O–H groups in total. The minimum atomic E-state index is -1.24. The van der Waals surface area contributed by atoms with E-state index < -0.39 is 11.8 Å². The van der Waals surface area contributed by atoms with Crippen LogP contribution in [0.1, 0.15) is 10.4 Å². The van der Waals surface area contributed by atoms with Crippen molar-refractivity contribution in [2.24, 2.45) is 0 Å². The van der Waals surface area contributed by atoms with E-state index in [1.54, 1.807) is 14.1 Å². The van der Waals surface area contributed by atoms with Crippen molar-refractivity contribution in [3.8, 4) is 0 Å².